The zero-order valence-corrected chi connectivity index (χ0v) is 10.7. The Morgan fingerprint density at radius 1 is 1.00 bits per heavy atom. The number of carbonyl (C=O) groups excluding carboxylic acids is 1. The van der Waals surface area contributed by atoms with Gasteiger partial charge in [-0.1, -0.05) is 0 Å². The van der Waals surface area contributed by atoms with Gasteiger partial charge >= 0.3 is 5.97 Å². The van der Waals surface area contributed by atoms with Crippen LogP contribution < -0.4 is 11.5 Å². The summed E-state index contributed by atoms with van der Waals surface area (Å²) in [6, 6.07) is -1.16. The van der Waals surface area contributed by atoms with Gasteiger partial charge in [-0.2, -0.15) is 0 Å². The molecule has 0 spiro atoms. The fourth-order valence-corrected chi connectivity index (χ4v) is 1.06. The third-order valence-electron chi connectivity index (χ3n) is 1.99. The van der Waals surface area contributed by atoms with Crippen LogP contribution in [0.5, 0.6) is 0 Å². The Kier molecular flexibility index (Phi) is 13.9. The van der Waals surface area contributed by atoms with Crippen molar-refractivity contribution in [3.63, 3.8) is 0 Å². The summed E-state index contributed by atoms with van der Waals surface area (Å²) in [4.78, 5) is 21.7. The van der Waals surface area contributed by atoms with Gasteiger partial charge in [0, 0.05) is 19.6 Å². The van der Waals surface area contributed by atoms with Crippen molar-refractivity contribution in [3.8, 4) is 0 Å². The summed E-state index contributed by atoms with van der Waals surface area (Å²) >= 11 is 0. The largest absolute Gasteiger partial charge is 0.480 e. The van der Waals surface area contributed by atoms with E-state index in [0.717, 1.165) is 0 Å². The molecule has 0 saturated carbocycles. The number of amides is 1. The number of rotatable bonds is 9. The normalized spacial score (nSPS) is 11.6. The molecule has 8 N–H and O–H groups in total. The molecule has 1 unspecified atom stereocenters. The van der Waals surface area contributed by atoms with E-state index >= 15 is 0 Å². The lowest BCUT2D eigenvalue weighted by atomic mass is 10.2. The lowest BCUT2D eigenvalue weighted by Crippen LogP contribution is -2.34. The first-order valence-electron chi connectivity index (χ1n) is 5.70. The minimum atomic E-state index is -1.21. The molecule has 0 saturated heterocycles. The zero-order valence-electron chi connectivity index (χ0n) is 10.7. The molecule has 0 aliphatic heterocycles. The summed E-state index contributed by atoms with van der Waals surface area (Å²) in [6.45, 7) is 1.75. The standard InChI is InChI=1S/C6H15NO3.C4H8N2O3/c8-4-1-7(2-5-9)3-6-10;5-2(4(8)9)1-3(6)7/h8-10H,1-6H2;2H,1,5H2,(H2,6,7)(H,8,9). The first-order valence-corrected chi connectivity index (χ1v) is 5.70. The molecular formula is C10H23N3O6. The van der Waals surface area contributed by atoms with E-state index in [-0.39, 0.29) is 26.2 Å². The number of carbonyl (C=O) groups is 2. The highest BCUT2D eigenvalue weighted by atomic mass is 16.4. The zero-order chi connectivity index (χ0) is 15.3. The van der Waals surface area contributed by atoms with Gasteiger partial charge in [0.05, 0.1) is 26.2 Å². The minimum Gasteiger partial charge on any atom is -0.480 e. The van der Waals surface area contributed by atoms with Gasteiger partial charge in [-0.15, -0.1) is 0 Å². The van der Waals surface area contributed by atoms with Gasteiger partial charge in [0.25, 0.3) is 0 Å². The Morgan fingerprint density at radius 3 is 1.53 bits per heavy atom. The third-order valence-corrected chi connectivity index (χ3v) is 1.99. The second kappa shape index (κ2) is 13.2. The molecule has 0 heterocycles. The molecule has 0 aliphatic carbocycles. The fraction of sp³-hybridized carbons (Fsp3) is 0.800. The average molecular weight is 281 g/mol. The molecule has 0 rings (SSSR count). The number of hydrogen-bond acceptors (Lipinski definition) is 7. The van der Waals surface area contributed by atoms with Crippen molar-refractivity contribution in [2.45, 2.75) is 12.5 Å². The molecular weight excluding hydrogens is 258 g/mol. The number of aliphatic hydroxyl groups is 3. The van der Waals surface area contributed by atoms with Crippen LogP contribution in [0.3, 0.4) is 0 Å². The van der Waals surface area contributed by atoms with Crippen LogP contribution in [0.15, 0.2) is 0 Å². The number of primary amides is 1. The quantitative estimate of drug-likeness (QED) is 0.253. The summed E-state index contributed by atoms with van der Waals surface area (Å²) in [7, 11) is 0. The van der Waals surface area contributed by atoms with Gasteiger partial charge in [0.15, 0.2) is 0 Å². The predicted octanol–water partition coefficient (Wildman–Crippen LogP) is -3.46. The van der Waals surface area contributed by atoms with Crippen molar-refractivity contribution in [1.29, 1.82) is 0 Å². The first-order chi connectivity index (χ1) is 8.88. The summed E-state index contributed by atoms with van der Waals surface area (Å²) < 4.78 is 0. The second-order valence-electron chi connectivity index (χ2n) is 3.63. The molecule has 0 aromatic carbocycles. The highest BCUT2D eigenvalue weighted by molar-refractivity contribution is 5.83. The van der Waals surface area contributed by atoms with E-state index in [1.807, 2.05) is 0 Å². The molecule has 1 atom stereocenters. The van der Waals surface area contributed by atoms with Crippen LogP contribution in [0.1, 0.15) is 6.42 Å². The van der Waals surface area contributed by atoms with Gasteiger partial charge in [0.1, 0.15) is 6.04 Å². The van der Waals surface area contributed by atoms with Crippen LogP contribution in [-0.2, 0) is 9.59 Å². The van der Waals surface area contributed by atoms with Crippen molar-refractivity contribution >= 4 is 11.9 Å². The Morgan fingerprint density at radius 2 is 1.37 bits per heavy atom. The maximum absolute atomic E-state index is 9.99. The van der Waals surface area contributed by atoms with Crippen LogP contribution in [0.25, 0.3) is 0 Å². The Balaban J connectivity index is 0. The van der Waals surface area contributed by atoms with Crippen LogP contribution in [0.4, 0.5) is 0 Å². The maximum atomic E-state index is 9.99. The highest BCUT2D eigenvalue weighted by Crippen LogP contribution is 1.85. The smallest absolute Gasteiger partial charge is 0.321 e. The van der Waals surface area contributed by atoms with Crippen molar-refractivity contribution in [3.05, 3.63) is 0 Å². The Hall–Kier alpha value is -1.26. The van der Waals surface area contributed by atoms with Gasteiger partial charge in [-0.05, 0) is 0 Å². The van der Waals surface area contributed by atoms with E-state index < -0.39 is 17.9 Å². The van der Waals surface area contributed by atoms with Gasteiger partial charge in [0.2, 0.25) is 5.91 Å². The van der Waals surface area contributed by atoms with E-state index in [2.05, 4.69) is 5.73 Å². The lowest BCUT2D eigenvalue weighted by molar-refractivity contribution is -0.140. The van der Waals surface area contributed by atoms with Crippen molar-refractivity contribution < 1.29 is 30.0 Å². The molecule has 19 heavy (non-hydrogen) atoms. The molecule has 0 fully saturated rings. The number of nitrogens with two attached hydrogens (primary N) is 2. The molecule has 0 aliphatic rings. The topological polar surface area (TPSA) is 170 Å². The average Bonchev–Trinajstić information content (AvgIpc) is 2.30. The number of aliphatic hydroxyl groups excluding tert-OH is 3. The predicted molar refractivity (Wildman–Crippen MR) is 67.1 cm³/mol. The van der Waals surface area contributed by atoms with E-state index in [0.29, 0.717) is 19.6 Å². The number of hydrogen-bond donors (Lipinski definition) is 6. The number of carboxylic acid groups (broad SMARTS) is 1. The molecule has 114 valence electrons. The molecule has 0 radical (unpaired) electrons. The lowest BCUT2D eigenvalue weighted by Gasteiger charge is -2.17. The number of aliphatic carboxylic acids is 1. The Bertz CT molecular complexity index is 237. The first kappa shape index (κ1) is 20.1. The summed E-state index contributed by atoms with van der Waals surface area (Å²) in [5, 5.41) is 33.6. The van der Waals surface area contributed by atoms with Crippen LogP contribution in [-0.4, -0.2) is 82.7 Å². The van der Waals surface area contributed by atoms with Crippen LogP contribution in [0.2, 0.25) is 0 Å². The van der Waals surface area contributed by atoms with Crippen molar-refractivity contribution in [2.75, 3.05) is 39.5 Å². The molecule has 9 heteroatoms. The Labute approximate surface area is 111 Å². The fourth-order valence-electron chi connectivity index (χ4n) is 1.06. The SMILES string of the molecule is NC(=O)CC(N)C(=O)O.OCCN(CCO)CCO. The number of nitrogens with zero attached hydrogens (tertiary/aromatic N) is 1. The maximum Gasteiger partial charge on any atom is 0.321 e. The third kappa shape index (κ3) is 14.7. The molecule has 0 aromatic rings. The summed E-state index contributed by atoms with van der Waals surface area (Å²) in [5.74, 6) is -1.92. The van der Waals surface area contributed by atoms with E-state index in [9.17, 15) is 9.59 Å². The van der Waals surface area contributed by atoms with Crippen LogP contribution >= 0.6 is 0 Å². The van der Waals surface area contributed by atoms with Crippen LogP contribution in [0, 0.1) is 0 Å². The second-order valence-corrected chi connectivity index (χ2v) is 3.63. The molecule has 9 nitrogen and oxygen atoms in total. The van der Waals surface area contributed by atoms with Crippen molar-refractivity contribution in [1.82, 2.24) is 4.90 Å². The van der Waals surface area contributed by atoms with Gasteiger partial charge < -0.3 is 31.9 Å². The van der Waals surface area contributed by atoms with E-state index in [4.69, 9.17) is 26.2 Å². The monoisotopic (exact) mass is 281 g/mol. The van der Waals surface area contributed by atoms with Gasteiger partial charge in [-0.3, -0.25) is 14.5 Å². The number of carboxylic acids is 1. The summed E-state index contributed by atoms with van der Waals surface area (Å²) in [6.07, 6.45) is -0.310. The van der Waals surface area contributed by atoms with Gasteiger partial charge in [-0.25, -0.2) is 0 Å². The van der Waals surface area contributed by atoms with E-state index in [1.54, 1.807) is 4.90 Å². The molecule has 0 bridgehead atoms. The van der Waals surface area contributed by atoms with Crippen molar-refractivity contribution in [2.24, 2.45) is 11.5 Å². The highest BCUT2D eigenvalue weighted by Gasteiger charge is 2.13. The summed E-state index contributed by atoms with van der Waals surface area (Å²) in [5.41, 5.74) is 9.57. The molecule has 0 aromatic heterocycles. The molecule has 1 amide bonds. The minimum absolute atomic E-state index is 0.0694. The van der Waals surface area contributed by atoms with E-state index in [1.165, 1.54) is 0 Å².